The average molecular weight is 354 g/mol. The summed E-state index contributed by atoms with van der Waals surface area (Å²) < 4.78 is 2.02. The highest BCUT2D eigenvalue weighted by molar-refractivity contribution is 5.77. The minimum atomic E-state index is 0.754. The topological polar surface area (TPSA) is 42.0 Å². The lowest BCUT2D eigenvalue weighted by atomic mass is 10.0. The maximum atomic E-state index is 4.92. The number of imidazole rings is 1. The van der Waals surface area contributed by atoms with Crippen LogP contribution in [-0.4, -0.2) is 9.38 Å². The second-order valence-electron chi connectivity index (χ2n) is 7.03. The molecule has 4 heteroatoms. The highest BCUT2D eigenvalue weighted by Gasteiger charge is 2.17. The van der Waals surface area contributed by atoms with Gasteiger partial charge in [-0.2, -0.15) is 0 Å². The van der Waals surface area contributed by atoms with E-state index >= 15 is 0 Å². The molecule has 0 aliphatic carbocycles. The largest absolute Gasteiger partial charge is 0.282 e. The normalized spacial score (nSPS) is 11.6. The maximum absolute atomic E-state index is 4.92. The molecule has 0 atom stereocenters. The molecule has 134 valence electrons. The van der Waals surface area contributed by atoms with Gasteiger partial charge in [-0.05, 0) is 68.7 Å². The molecule has 4 rings (SSSR count). The number of azo groups is 1. The van der Waals surface area contributed by atoms with Gasteiger partial charge in [0.25, 0.3) is 0 Å². The van der Waals surface area contributed by atoms with E-state index in [0.29, 0.717) is 0 Å². The lowest BCUT2D eigenvalue weighted by molar-refractivity contribution is 1.10. The van der Waals surface area contributed by atoms with Crippen LogP contribution in [0.4, 0.5) is 11.5 Å². The van der Waals surface area contributed by atoms with Crippen molar-refractivity contribution in [2.45, 2.75) is 27.7 Å². The van der Waals surface area contributed by atoms with Crippen LogP contribution in [0.15, 0.2) is 71.0 Å². The van der Waals surface area contributed by atoms with Crippen LogP contribution in [0.1, 0.15) is 22.3 Å². The number of fused-ring (bicyclic) bond motifs is 1. The highest BCUT2D eigenvalue weighted by Crippen LogP contribution is 2.35. The first-order valence-corrected chi connectivity index (χ1v) is 9.06. The number of pyridine rings is 1. The lowest BCUT2D eigenvalue weighted by Gasteiger charge is -2.05. The molecule has 0 saturated heterocycles. The molecule has 2 aromatic carbocycles. The fourth-order valence-electron chi connectivity index (χ4n) is 3.25. The van der Waals surface area contributed by atoms with E-state index in [9.17, 15) is 0 Å². The van der Waals surface area contributed by atoms with Gasteiger partial charge in [-0.15, -0.1) is 10.2 Å². The van der Waals surface area contributed by atoms with Gasteiger partial charge in [0, 0.05) is 11.8 Å². The summed E-state index contributed by atoms with van der Waals surface area (Å²) in [6.07, 6.45) is 1.99. The predicted molar refractivity (Wildman–Crippen MR) is 110 cm³/mol. The van der Waals surface area contributed by atoms with E-state index < -0.39 is 0 Å². The predicted octanol–water partition coefficient (Wildman–Crippen LogP) is 6.65. The summed E-state index contributed by atoms with van der Waals surface area (Å²) >= 11 is 0. The number of aromatic nitrogens is 2. The van der Waals surface area contributed by atoms with Crippen LogP contribution in [0.3, 0.4) is 0 Å². The Balaban J connectivity index is 1.95. The summed E-state index contributed by atoms with van der Waals surface area (Å²) in [5.41, 5.74) is 8.35. The van der Waals surface area contributed by atoms with Gasteiger partial charge in [-0.3, -0.25) is 4.40 Å². The van der Waals surface area contributed by atoms with E-state index in [4.69, 9.17) is 4.98 Å². The number of benzene rings is 2. The van der Waals surface area contributed by atoms with Crippen molar-refractivity contribution in [3.63, 3.8) is 0 Å². The van der Waals surface area contributed by atoms with E-state index in [2.05, 4.69) is 68.3 Å². The Kier molecular flexibility index (Phi) is 4.32. The fourth-order valence-corrected chi connectivity index (χ4v) is 3.25. The minimum Gasteiger partial charge on any atom is -0.282 e. The molecule has 0 spiro atoms. The SMILES string of the molecule is Cc1cccc(N=Nc2c(-c3cc(C)ccc3C)nc3c(C)cccn23)c1. The van der Waals surface area contributed by atoms with Gasteiger partial charge >= 0.3 is 0 Å². The highest BCUT2D eigenvalue weighted by atomic mass is 15.2. The summed E-state index contributed by atoms with van der Waals surface area (Å²) in [7, 11) is 0. The summed E-state index contributed by atoms with van der Waals surface area (Å²) in [6, 6.07) is 18.5. The Morgan fingerprint density at radius 1 is 0.778 bits per heavy atom. The number of rotatable bonds is 3. The first-order valence-electron chi connectivity index (χ1n) is 9.06. The van der Waals surface area contributed by atoms with Gasteiger partial charge in [0.15, 0.2) is 5.82 Å². The average Bonchev–Trinajstić information content (AvgIpc) is 3.02. The summed E-state index contributed by atoms with van der Waals surface area (Å²) in [5, 5.41) is 9.11. The standard InChI is InChI=1S/C23H22N4/c1-15-7-5-9-19(13-15)25-26-23-21(20-14-16(2)10-11-17(20)3)24-22-18(4)8-6-12-27(22)23/h5-14H,1-4H3. The number of hydrogen-bond acceptors (Lipinski definition) is 3. The van der Waals surface area contributed by atoms with E-state index in [1.165, 1.54) is 11.1 Å². The third kappa shape index (κ3) is 3.26. The Morgan fingerprint density at radius 3 is 2.41 bits per heavy atom. The van der Waals surface area contributed by atoms with E-state index in [0.717, 1.165) is 39.5 Å². The molecule has 0 radical (unpaired) electrons. The lowest BCUT2D eigenvalue weighted by Crippen LogP contribution is -1.86. The fraction of sp³-hybridized carbons (Fsp3) is 0.174. The number of hydrogen-bond donors (Lipinski definition) is 0. The van der Waals surface area contributed by atoms with Crippen molar-refractivity contribution >= 4 is 17.2 Å². The molecule has 0 amide bonds. The van der Waals surface area contributed by atoms with Gasteiger partial charge < -0.3 is 0 Å². The van der Waals surface area contributed by atoms with Gasteiger partial charge in [0.1, 0.15) is 11.3 Å². The van der Waals surface area contributed by atoms with E-state index in [1.807, 2.05) is 34.9 Å². The first kappa shape index (κ1) is 17.2. The van der Waals surface area contributed by atoms with Crippen LogP contribution in [0.25, 0.3) is 16.9 Å². The molecule has 2 heterocycles. The van der Waals surface area contributed by atoms with Gasteiger partial charge in [-0.25, -0.2) is 4.98 Å². The van der Waals surface area contributed by atoms with Gasteiger partial charge in [0.05, 0.1) is 5.69 Å². The van der Waals surface area contributed by atoms with Crippen molar-refractivity contribution in [1.29, 1.82) is 0 Å². The van der Waals surface area contributed by atoms with Gasteiger partial charge in [-0.1, -0.05) is 35.9 Å². The Morgan fingerprint density at radius 2 is 1.59 bits per heavy atom. The molecule has 0 fully saturated rings. The maximum Gasteiger partial charge on any atom is 0.187 e. The Bertz CT molecular complexity index is 1170. The number of nitrogens with zero attached hydrogens (tertiary/aromatic N) is 4. The molecule has 27 heavy (non-hydrogen) atoms. The zero-order chi connectivity index (χ0) is 19.0. The quantitative estimate of drug-likeness (QED) is 0.380. The smallest absolute Gasteiger partial charge is 0.187 e. The summed E-state index contributed by atoms with van der Waals surface area (Å²) in [6.45, 7) is 8.32. The molecule has 0 aliphatic heterocycles. The second-order valence-corrected chi connectivity index (χ2v) is 7.03. The van der Waals surface area contributed by atoms with Crippen molar-refractivity contribution in [2.24, 2.45) is 10.2 Å². The Labute approximate surface area is 159 Å². The van der Waals surface area contributed by atoms with Crippen LogP contribution in [0, 0.1) is 27.7 Å². The molecule has 0 bridgehead atoms. The van der Waals surface area contributed by atoms with Crippen molar-refractivity contribution in [3.05, 3.63) is 83.0 Å². The van der Waals surface area contributed by atoms with Gasteiger partial charge in [0.2, 0.25) is 0 Å². The molecule has 4 nitrogen and oxygen atoms in total. The van der Waals surface area contributed by atoms with Crippen molar-refractivity contribution in [3.8, 4) is 11.3 Å². The molecule has 0 N–H and O–H groups in total. The molecule has 0 aliphatic rings. The molecular formula is C23H22N4. The van der Waals surface area contributed by atoms with Crippen LogP contribution in [-0.2, 0) is 0 Å². The monoisotopic (exact) mass is 354 g/mol. The van der Waals surface area contributed by atoms with Crippen LogP contribution in [0.5, 0.6) is 0 Å². The molecular weight excluding hydrogens is 332 g/mol. The zero-order valence-electron chi connectivity index (χ0n) is 16.1. The minimum absolute atomic E-state index is 0.754. The van der Waals surface area contributed by atoms with Crippen molar-refractivity contribution in [2.75, 3.05) is 0 Å². The third-order valence-corrected chi connectivity index (χ3v) is 4.73. The second kappa shape index (κ2) is 6.80. The molecule has 0 unspecified atom stereocenters. The van der Waals surface area contributed by atoms with Crippen LogP contribution in [0.2, 0.25) is 0 Å². The van der Waals surface area contributed by atoms with Crippen molar-refractivity contribution in [1.82, 2.24) is 9.38 Å². The summed E-state index contributed by atoms with van der Waals surface area (Å²) in [5.74, 6) is 0.754. The molecule has 4 aromatic rings. The van der Waals surface area contributed by atoms with E-state index in [-0.39, 0.29) is 0 Å². The number of aryl methyl sites for hydroxylation is 4. The Hall–Kier alpha value is -3.27. The zero-order valence-corrected chi connectivity index (χ0v) is 16.1. The van der Waals surface area contributed by atoms with E-state index in [1.54, 1.807) is 0 Å². The third-order valence-electron chi connectivity index (χ3n) is 4.73. The van der Waals surface area contributed by atoms with Crippen LogP contribution >= 0.6 is 0 Å². The van der Waals surface area contributed by atoms with Crippen LogP contribution < -0.4 is 0 Å². The summed E-state index contributed by atoms with van der Waals surface area (Å²) in [4.78, 5) is 4.92. The molecule has 0 saturated carbocycles. The molecule has 2 aromatic heterocycles. The first-order chi connectivity index (χ1) is 13.0. The van der Waals surface area contributed by atoms with Crippen molar-refractivity contribution < 1.29 is 0 Å².